The maximum absolute atomic E-state index is 10.2. The van der Waals surface area contributed by atoms with Crippen LogP contribution in [0.5, 0.6) is 0 Å². The average molecular weight is 211 g/mol. The van der Waals surface area contributed by atoms with Gasteiger partial charge in [0.2, 0.25) is 0 Å². The second kappa shape index (κ2) is 5.21. The Kier molecular flexibility index (Phi) is 4.20. The van der Waals surface area contributed by atoms with Gasteiger partial charge in [0, 0.05) is 38.6 Å². The van der Waals surface area contributed by atoms with E-state index in [-0.39, 0.29) is 0 Å². The summed E-state index contributed by atoms with van der Waals surface area (Å²) >= 11 is 0. The van der Waals surface area contributed by atoms with Gasteiger partial charge in [-0.05, 0) is 13.0 Å². The molecule has 0 saturated heterocycles. The van der Waals surface area contributed by atoms with Gasteiger partial charge in [-0.25, -0.2) is 0 Å². The fourth-order valence-electron chi connectivity index (χ4n) is 1.39. The first-order valence-corrected chi connectivity index (χ1v) is 4.78. The van der Waals surface area contributed by atoms with Crippen molar-refractivity contribution < 1.29 is 14.6 Å². The average Bonchev–Trinajstić information content (AvgIpc) is 2.27. The van der Waals surface area contributed by atoms with Crippen LogP contribution in [0.4, 0.5) is 0 Å². The molecule has 0 spiro atoms. The highest BCUT2D eigenvalue weighted by Gasteiger charge is 2.27. The third kappa shape index (κ3) is 3.27. The number of hydrogen-bond donors (Lipinski definition) is 1. The van der Waals surface area contributed by atoms with E-state index in [2.05, 4.69) is 4.98 Å². The number of aromatic nitrogens is 1. The zero-order valence-electron chi connectivity index (χ0n) is 9.30. The molecular formula is C11H17NO3. The third-order valence-corrected chi connectivity index (χ3v) is 2.37. The van der Waals surface area contributed by atoms with E-state index in [4.69, 9.17) is 9.47 Å². The van der Waals surface area contributed by atoms with E-state index in [1.807, 2.05) is 6.07 Å². The summed E-state index contributed by atoms with van der Waals surface area (Å²) in [4.78, 5) is 3.97. The minimum absolute atomic E-state index is 0.367. The van der Waals surface area contributed by atoms with Crippen LogP contribution in [0.1, 0.15) is 18.9 Å². The number of ether oxygens (including phenoxy) is 2. The third-order valence-electron chi connectivity index (χ3n) is 2.37. The first kappa shape index (κ1) is 12.1. The van der Waals surface area contributed by atoms with Crippen molar-refractivity contribution >= 4 is 0 Å². The lowest BCUT2D eigenvalue weighted by atomic mass is 9.94. The Morgan fingerprint density at radius 3 is 2.60 bits per heavy atom. The molecule has 1 atom stereocenters. The van der Waals surface area contributed by atoms with E-state index >= 15 is 0 Å². The first-order valence-electron chi connectivity index (χ1n) is 4.78. The smallest absolute Gasteiger partial charge is 0.159 e. The highest BCUT2D eigenvalue weighted by Crippen LogP contribution is 2.25. The lowest BCUT2D eigenvalue weighted by Crippen LogP contribution is -2.29. The minimum Gasteiger partial charge on any atom is -0.385 e. The highest BCUT2D eigenvalue weighted by molar-refractivity contribution is 5.16. The molecule has 0 fully saturated rings. The minimum atomic E-state index is -0.995. The zero-order valence-corrected chi connectivity index (χ0v) is 9.30. The Balaban J connectivity index is 2.74. The fraction of sp³-hybridized carbons (Fsp3) is 0.545. The van der Waals surface area contributed by atoms with Gasteiger partial charge in [0.15, 0.2) is 6.29 Å². The molecule has 1 aromatic rings. The lowest BCUT2D eigenvalue weighted by molar-refractivity contribution is -0.142. The number of nitrogens with zero attached hydrogens (tertiary/aromatic N) is 1. The fourth-order valence-corrected chi connectivity index (χ4v) is 1.39. The van der Waals surface area contributed by atoms with Gasteiger partial charge in [-0.15, -0.1) is 0 Å². The number of hydrogen-bond acceptors (Lipinski definition) is 4. The molecule has 15 heavy (non-hydrogen) atoms. The van der Waals surface area contributed by atoms with Gasteiger partial charge in [0.1, 0.15) is 0 Å². The number of aliphatic hydroxyl groups is 1. The molecule has 4 heteroatoms. The summed E-state index contributed by atoms with van der Waals surface area (Å²) in [7, 11) is 3.10. The SMILES string of the molecule is COC(CC(C)(O)c1cccnc1)OC. The number of pyridine rings is 1. The van der Waals surface area contributed by atoms with Crippen molar-refractivity contribution in [3.8, 4) is 0 Å². The predicted molar refractivity (Wildman–Crippen MR) is 56.2 cm³/mol. The molecule has 84 valence electrons. The summed E-state index contributed by atoms with van der Waals surface area (Å²) in [5.74, 6) is 0. The van der Waals surface area contributed by atoms with E-state index in [0.29, 0.717) is 6.42 Å². The van der Waals surface area contributed by atoms with E-state index in [1.54, 1.807) is 39.6 Å². The molecule has 0 aliphatic rings. The van der Waals surface area contributed by atoms with Crippen molar-refractivity contribution in [2.75, 3.05) is 14.2 Å². The molecule has 1 N–H and O–H groups in total. The molecule has 1 aromatic heterocycles. The quantitative estimate of drug-likeness (QED) is 0.746. The summed E-state index contributed by atoms with van der Waals surface area (Å²) in [6.45, 7) is 1.72. The van der Waals surface area contributed by atoms with Gasteiger partial charge in [0.25, 0.3) is 0 Å². The first-order chi connectivity index (χ1) is 7.10. The molecule has 0 saturated carbocycles. The van der Waals surface area contributed by atoms with Crippen molar-refractivity contribution in [2.24, 2.45) is 0 Å². The Bertz CT molecular complexity index is 283. The molecule has 0 aromatic carbocycles. The van der Waals surface area contributed by atoms with E-state index in [9.17, 15) is 5.11 Å². The van der Waals surface area contributed by atoms with E-state index in [0.717, 1.165) is 5.56 Å². The Morgan fingerprint density at radius 1 is 1.47 bits per heavy atom. The second-order valence-corrected chi connectivity index (χ2v) is 3.62. The molecule has 0 aliphatic heterocycles. The van der Waals surface area contributed by atoms with Gasteiger partial charge in [0.05, 0.1) is 5.60 Å². The van der Waals surface area contributed by atoms with Crippen molar-refractivity contribution in [2.45, 2.75) is 25.2 Å². The number of rotatable bonds is 5. The van der Waals surface area contributed by atoms with E-state index < -0.39 is 11.9 Å². The van der Waals surface area contributed by atoms with Gasteiger partial charge in [-0.1, -0.05) is 6.07 Å². The molecule has 1 unspecified atom stereocenters. The van der Waals surface area contributed by atoms with Gasteiger partial charge in [-0.3, -0.25) is 4.98 Å². The Labute approximate surface area is 89.9 Å². The summed E-state index contributed by atoms with van der Waals surface area (Å²) in [6, 6.07) is 3.62. The normalized spacial score (nSPS) is 15.3. The van der Waals surface area contributed by atoms with Crippen molar-refractivity contribution in [3.05, 3.63) is 30.1 Å². The zero-order chi connectivity index (χ0) is 11.3. The van der Waals surface area contributed by atoms with Crippen molar-refractivity contribution in [1.29, 1.82) is 0 Å². The summed E-state index contributed by atoms with van der Waals surface area (Å²) in [5.41, 5.74) is -0.241. The number of methoxy groups -OCH3 is 2. The Morgan fingerprint density at radius 2 is 2.13 bits per heavy atom. The maximum atomic E-state index is 10.2. The van der Waals surface area contributed by atoms with Crippen LogP contribution in [0.25, 0.3) is 0 Å². The second-order valence-electron chi connectivity index (χ2n) is 3.62. The standard InChI is InChI=1S/C11H17NO3/c1-11(13,7-10(14-2)15-3)9-5-4-6-12-8-9/h4-6,8,10,13H,7H2,1-3H3. The maximum Gasteiger partial charge on any atom is 0.159 e. The molecule has 1 heterocycles. The molecule has 0 amide bonds. The Hall–Kier alpha value is -0.970. The van der Waals surface area contributed by atoms with Gasteiger partial charge in [-0.2, -0.15) is 0 Å². The summed E-state index contributed by atoms with van der Waals surface area (Å²) in [6.07, 6.45) is 3.26. The van der Waals surface area contributed by atoms with Crippen LogP contribution in [0.3, 0.4) is 0 Å². The van der Waals surface area contributed by atoms with Gasteiger partial charge < -0.3 is 14.6 Å². The van der Waals surface area contributed by atoms with Crippen LogP contribution in [0.15, 0.2) is 24.5 Å². The van der Waals surface area contributed by atoms with Gasteiger partial charge >= 0.3 is 0 Å². The van der Waals surface area contributed by atoms with Crippen LogP contribution >= 0.6 is 0 Å². The largest absolute Gasteiger partial charge is 0.385 e. The van der Waals surface area contributed by atoms with Crippen LogP contribution in [0.2, 0.25) is 0 Å². The molecule has 0 bridgehead atoms. The molecule has 0 radical (unpaired) electrons. The lowest BCUT2D eigenvalue weighted by Gasteiger charge is -2.27. The van der Waals surface area contributed by atoms with Crippen molar-refractivity contribution in [1.82, 2.24) is 4.98 Å². The van der Waals surface area contributed by atoms with Crippen LogP contribution in [0, 0.1) is 0 Å². The molecular weight excluding hydrogens is 194 g/mol. The predicted octanol–water partition coefficient (Wildman–Crippen LogP) is 1.30. The molecule has 4 nitrogen and oxygen atoms in total. The monoisotopic (exact) mass is 211 g/mol. The van der Waals surface area contributed by atoms with Crippen molar-refractivity contribution in [3.63, 3.8) is 0 Å². The highest BCUT2D eigenvalue weighted by atomic mass is 16.7. The van der Waals surface area contributed by atoms with Crippen LogP contribution < -0.4 is 0 Å². The van der Waals surface area contributed by atoms with E-state index in [1.165, 1.54) is 0 Å². The summed E-state index contributed by atoms with van der Waals surface area (Å²) in [5, 5.41) is 10.2. The van der Waals surface area contributed by atoms with Crippen LogP contribution in [-0.4, -0.2) is 30.6 Å². The van der Waals surface area contributed by atoms with Crippen LogP contribution in [-0.2, 0) is 15.1 Å². The summed E-state index contributed by atoms with van der Waals surface area (Å²) < 4.78 is 10.1. The topological polar surface area (TPSA) is 51.6 Å². The molecule has 1 rings (SSSR count). The molecule has 0 aliphatic carbocycles.